The van der Waals surface area contributed by atoms with Crippen LogP contribution in [0.2, 0.25) is 0 Å². The van der Waals surface area contributed by atoms with Crippen LogP contribution in [0.4, 0.5) is 0 Å². The summed E-state index contributed by atoms with van der Waals surface area (Å²) >= 11 is 3.25. The zero-order valence-corrected chi connectivity index (χ0v) is 13.5. The largest absolute Gasteiger partial charge is 0.351 e. The van der Waals surface area contributed by atoms with E-state index in [4.69, 9.17) is 0 Å². The fraction of sp³-hybridized carbons (Fsp3) is 0.533. The van der Waals surface area contributed by atoms with Crippen molar-refractivity contribution in [3.63, 3.8) is 0 Å². The summed E-state index contributed by atoms with van der Waals surface area (Å²) in [7, 11) is 0. The quantitative estimate of drug-likeness (QED) is 0.781. The number of halogens is 1. The van der Waals surface area contributed by atoms with Gasteiger partial charge in [0.05, 0.1) is 4.83 Å². The summed E-state index contributed by atoms with van der Waals surface area (Å²) in [5.41, 5.74) is 2.44. The van der Waals surface area contributed by atoms with E-state index in [1.54, 1.807) is 0 Å². The van der Waals surface area contributed by atoms with Gasteiger partial charge in [0.15, 0.2) is 0 Å². The highest BCUT2D eigenvalue weighted by Crippen LogP contribution is 2.08. The van der Waals surface area contributed by atoms with E-state index in [2.05, 4.69) is 64.3 Å². The Balaban J connectivity index is 2.49. The Hall–Kier alpha value is -0.870. The third-order valence-electron chi connectivity index (χ3n) is 3.15. The standard InChI is InChI=1S/C15H23BrN2O/c1-4-18(5-2)11-14-8-6-13(7-9-14)10-17-15(19)12(3)16/h6-9,12H,4-5,10-11H2,1-3H3,(H,17,19). The van der Waals surface area contributed by atoms with Crippen LogP contribution in [0.1, 0.15) is 31.9 Å². The lowest BCUT2D eigenvalue weighted by Crippen LogP contribution is -2.28. The molecule has 1 aromatic carbocycles. The molecule has 1 unspecified atom stereocenters. The normalized spacial score (nSPS) is 12.5. The van der Waals surface area contributed by atoms with Crippen LogP contribution in [0, 0.1) is 0 Å². The first kappa shape index (κ1) is 16.2. The molecule has 0 fully saturated rings. The van der Waals surface area contributed by atoms with Crippen molar-refractivity contribution in [2.24, 2.45) is 0 Å². The number of carbonyl (C=O) groups is 1. The van der Waals surface area contributed by atoms with Crippen LogP contribution < -0.4 is 5.32 Å². The van der Waals surface area contributed by atoms with E-state index in [0.29, 0.717) is 6.54 Å². The summed E-state index contributed by atoms with van der Waals surface area (Å²) in [5.74, 6) is 0.0206. The number of benzene rings is 1. The molecular weight excluding hydrogens is 304 g/mol. The molecule has 3 nitrogen and oxygen atoms in total. The number of hydrogen-bond acceptors (Lipinski definition) is 2. The van der Waals surface area contributed by atoms with Crippen molar-refractivity contribution >= 4 is 21.8 Å². The van der Waals surface area contributed by atoms with Crippen molar-refractivity contribution in [2.75, 3.05) is 13.1 Å². The molecule has 0 saturated carbocycles. The van der Waals surface area contributed by atoms with Crippen molar-refractivity contribution in [1.82, 2.24) is 10.2 Å². The topological polar surface area (TPSA) is 32.3 Å². The molecule has 0 spiro atoms. The smallest absolute Gasteiger partial charge is 0.233 e. The van der Waals surface area contributed by atoms with E-state index in [-0.39, 0.29) is 10.7 Å². The molecule has 106 valence electrons. The number of carbonyl (C=O) groups excluding carboxylic acids is 1. The Morgan fingerprint density at radius 1 is 1.21 bits per heavy atom. The van der Waals surface area contributed by atoms with Crippen LogP contribution >= 0.6 is 15.9 Å². The highest BCUT2D eigenvalue weighted by atomic mass is 79.9. The molecular formula is C15H23BrN2O. The highest BCUT2D eigenvalue weighted by Gasteiger charge is 2.07. The molecule has 0 aliphatic carbocycles. The highest BCUT2D eigenvalue weighted by molar-refractivity contribution is 9.10. The lowest BCUT2D eigenvalue weighted by atomic mass is 10.1. The Bertz CT molecular complexity index is 386. The molecule has 0 heterocycles. The van der Waals surface area contributed by atoms with Gasteiger partial charge >= 0.3 is 0 Å². The molecule has 0 radical (unpaired) electrons. The molecule has 0 bridgehead atoms. The summed E-state index contributed by atoms with van der Waals surface area (Å²) in [4.78, 5) is 13.7. The third-order valence-corrected chi connectivity index (χ3v) is 3.57. The van der Waals surface area contributed by atoms with Gasteiger partial charge in [-0.25, -0.2) is 0 Å². The third kappa shape index (κ3) is 5.74. The average Bonchev–Trinajstić information content (AvgIpc) is 2.43. The molecule has 1 N–H and O–H groups in total. The van der Waals surface area contributed by atoms with Crippen molar-refractivity contribution in [3.05, 3.63) is 35.4 Å². The first-order chi connectivity index (χ1) is 9.06. The van der Waals surface area contributed by atoms with Gasteiger partial charge in [0.1, 0.15) is 0 Å². The number of rotatable bonds is 7. The Morgan fingerprint density at radius 2 is 1.74 bits per heavy atom. The first-order valence-electron chi connectivity index (χ1n) is 6.78. The average molecular weight is 327 g/mol. The predicted octanol–water partition coefficient (Wildman–Crippen LogP) is 2.93. The number of nitrogens with one attached hydrogen (secondary N) is 1. The van der Waals surface area contributed by atoms with Crippen LogP contribution in [-0.2, 0) is 17.9 Å². The second-order valence-corrected chi connectivity index (χ2v) is 5.99. The lowest BCUT2D eigenvalue weighted by molar-refractivity contribution is -0.120. The molecule has 1 amide bonds. The molecule has 0 saturated heterocycles. The number of amides is 1. The van der Waals surface area contributed by atoms with Gasteiger partial charge in [-0.15, -0.1) is 0 Å². The molecule has 1 aromatic rings. The van der Waals surface area contributed by atoms with E-state index in [9.17, 15) is 4.79 Å². The minimum absolute atomic E-state index is 0.0206. The maximum Gasteiger partial charge on any atom is 0.233 e. The molecule has 0 aliphatic heterocycles. The van der Waals surface area contributed by atoms with Crippen LogP contribution in [0.3, 0.4) is 0 Å². The molecule has 0 aromatic heterocycles. The van der Waals surface area contributed by atoms with E-state index in [1.165, 1.54) is 5.56 Å². The van der Waals surface area contributed by atoms with Crippen LogP contribution in [0.5, 0.6) is 0 Å². The van der Waals surface area contributed by atoms with Gasteiger partial charge in [0.25, 0.3) is 0 Å². The lowest BCUT2D eigenvalue weighted by Gasteiger charge is -2.18. The molecule has 1 rings (SSSR count). The van der Waals surface area contributed by atoms with E-state index in [0.717, 1.165) is 25.2 Å². The van der Waals surface area contributed by atoms with E-state index in [1.807, 2.05) is 6.92 Å². The second-order valence-electron chi connectivity index (χ2n) is 4.61. The monoisotopic (exact) mass is 326 g/mol. The van der Waals surface area contributed by atoms with Crippen LogP contribution in [0.25, 0.3) is 0 Å². The second kappa shape index (κ2) is 8.33. The van der Waals surface area contributed by atoms with Gasteiger partial charge in [-0.05, 0) is 31.1 Å². The van der Waals surface area contributed by atoms with Gasteiger partial charge in [0, 0.05) is 13.1 Å². The van der Waals surface area contributed by atoms with Crippen molar-refractivity contribution in [2.45, 2.75) is 38.7 Å². The summed E-state index contributed by atoms with van der Waals surface area (Å²) in [5, 5.41) is 2.88. The maximum absolute atomic E-state index is 11.4. The Morgan fingerprint density at radius 3 is 2.21 bits per heavy atom. The maximum atomic E-state index is 11.4. The summed E-state index contributed by atoms with van der Waals surface area (Å²) in [6.45, 7) is 9.87. The zero-order chi connectivity index (χ0) is 14.3. The molecule has 19 heavy (non-hydrogen) atoms. The summed E-state index contributed by atoms with van der Waals surface area (Å²) < 4.78 is 0. The SMILES string of the molecule is CCN(CC)Cc1ccc(CNC(=O)C(C)Br)cc1. The zero-order valence-electron chi connectivity index (χ0n) is 11.9. The molecule has 0 aliphatic rings. The fourth-order valence-electron chi connectivity index (χ4n) is 1.80. The molecule has 1 atom stereocenters. The van der Waals surface area contributed by atoms with Crippen LogP contribution in [0.15, 0.2) is 24.3 Å². The van der Waals surface area contributed by atoms with Gasteiger partial charge in [-0.1, -0.05) is 54.0 Å². The van der Waals surface area contributed by atoms with E-state index >= 15 is 0 Å². The minimum atomic E-state index is -0.144. The van der Waals surface area contributed by atoms with Crippen LogP contribution in [-0.4, -0.2) is 28.7 Å². The first-order valence-corrected chi connectivity index (χ1v) is 7.70. The van der Waals surface area contributed by atoms with Crippen molar-refractivity contribution < 1.29 is 4.79 Å². The Kier molecular flexibility index (Phi) is 7.10. The van der Waals surface area contributed by atoms with Gasteiger partial charge in [-0.3, -0.25) is 9.69 Å². The van der Waals surface area contributed by atoms with Gasteiger partial charge in [0.2, 0.25) is 5.91 Å². The minimum Gasteiger partial charge on any atom is -0.351 e. The molecule has 4 heteroatoms. The number of hydrogen-bond donors (Lipinski definition) is 1. The fourth-order valence-corrected chi connectivity index (χ4v) is 1.96. The Labute approximate surface area is 124 Å². The number of alkyl halides is 1. The predicted molar refractivity (Wildman–Crippen MR) is 83.3 cm³/mol. The summed E-state index contributed by atoms with van der Waals surface area (Å²) in [6.07, 6.45) is 0. The van der Waals surface area contributed by atoms with Gasteiger partial charge < -0.3 is 5.32 Å². The van der Waals surface area contributed by atoms with Gasteiger partial charge in [-0.2, -0.15) is 0 Å². The van der Waals surface area contributed by atoms with E-state index < -0.39 is 0 Å². The van der Waals surface area contributed by atoms with Crippen molar-refractivity contribution in [3.8, 4) is 0 Å². The van der Waals surface area contributed by atoms with Crippen molar-refractivity contribution in [1.29, 1.82) is 0 Å². The number of nitrogens with zero attached hydrogens (tertiary/aromatic N) is 1. The summed E-state index contributed by atoms with van der Waals surface area (Å²) in [6, 6.07) is 8.44.